The Morgan fingerprint density at radius 3 is 2.94 bits per heavy atom. The van der Waals surface area contributed by atoms with Crippen molar-refractivity contribution in [3.05, 3.63) is 42.0 Å². The Hall–Kier alpha value is -2.48. The summed E-state index contributed by atoms with van der Waals surface area (Å²) in [6, 6.07) is 7.91. The van der Waals surface area contributed by atoms with Crippen LogP contribution >= 0.6 is 0 Å². The van der Waals surface area contributed by atoms with E-state index in [4.69, 9.17) is 10.00 Å². The molecule has 0 fully saturated rings. The molecule has 0 bridgehead atoms. The van der Waals surface area contributed by atoms with E-state index in [1.165, 1.54) is 12.1 Å². The molecule has 0 radical (unpaired) electrons. The largest absolute Gasteiger partial charge is 0.477 e. The van der Waals surface area contributed by atoms with Crippen LogP contribution in [0.2, 0.25) is 0 Å². The molecule has 0 aromatic carbocycles. The number of nitriles is 1. The van der Waals surface area contributed by atoms with Crippen molar-refractivity contribution in [2.75, 3.05) is 6.61 Å². The number of aromatic nitrogens is 2. The Morgan fingerprint density at radius 1 is 1.39 bits per heavy atom. The fourth-order valence-corrected chi connectivity index (χ4v) is 1.51. The minimum absolute atomic E-state index is 0.237. The van der Waals surface area contributed by atoms with Crippen molar-refractivity contribution >= 4 is 0 Å². The van der Waals surface area contributed by atoms with E-state index in [9.17, 15) is 4.39 Å². The zero-order valence-electron chi connectivity index (χ0n) is 9.72. The summed E-state index contributed by atoms with van der Waals surface area (Å²) < 4.78 is 18.6. The second-order valence-corrected chi connectivity index (χ2v) is 3.43. The van der Waals surface area contributed by atoms with Crippen molar-refractivity contribution in [2.45, 2.75) is 6.92 Å². The fraction of sp³-hybridized carbons (Fsp3) is 0.154. The van der Waals surface area contributed by atoms with Crippen LogP contribution in [0.25, 0.3) is 11.3 Å². The molecule has 0 amide bonds. The highest BCUT2D eigenvalue weighted by atomic mass is 19.1. The van der Waals surface area contributed by atoms with Gasteiger partial charge in [-0.3, -0.25) is 0 Å². The van der Waals surface area contributed by atoms with Gasteiger partial charge in [-0.05, 0) is 31.2 Å². The zero-order valence-corrected chi connectivity index (χ0v) is 9.72. The van der Waals surface area contributed by atoms with Gasteiger partial charge in [0.15, 0.2) is 11.5 Å². The third kappa shape index (κ3) is 2.28. The maximum Gasteiger partial charge on any atom is 0.222 e. The van der Waals surface area contributed by atoms with Gasteiger partial charge in [0.2, 0.25) is 5.88 Å². The molecule has 4 nitrogen and oxygen atoms in total. The number of ether oxygens (including phenoxy) is 1. The minimum atomic E-state index is -0.636. The summed E-state index contributed by atoms with van der Waals surface area (Å²) in [6.07, 6.45) is 1.60. The molecule has 0 spiro atoms. The van der Waals surface area contributed by atoms with Crippen molar-refractivity contribution < 1.29 is 9.13 Å². The first-order valence-electron chi connectivity index (χ1n) is 5.41. The monoisotopic (exact) mass is 243 g/mol. The lowest BCUT2D eigenvalue weighted by atomic mass is 10.1. The van der Waals surface area contributed by atoms with E-state index >= 15 is 0 Å². The lowest BCUT2D eigenvalue weighted by Crippen LogP contribution is -1.98. The van der Waals surface area contributed by atoms with Crippen LogP contribution in [0.5, 0.6) is 5.88 Å². The van der Waals surface area contributed by atoms with Crippen LogP contribution < -0.4 is 4.74 Å². The predicted octanol–water partition coefficient (Wildman–Crippen LogP) is 2.55. The first-order valence-corrected chi connectivity index (χ1v) is 5.41. The first-order chi connectivity index (χ1) is 8.76. The number of hydrogen-bond acceptors (Lipinski definition) is 4. The highest BCUT2D eigenvalue weighted by molar-refractivity contribution is 5.65. The SMILES string of the molecule is CCOc1ncccc1-c1ccc(F)c(C#N)n1. The third-order valence-corrected chi connectivity index (χ3v) is 2.28. The van der Waals surface area contributed by atoms with E-state index in [1.807, 2.05) is 6.92 Å². The van der Waals surface area contributed by atoms with Crippen LogP contribution in [0.3, 0.4) is 0 Å². The normalized spacial score (nSPS) is 9.83. The Morgan fingerprint density at radius 2 is 2.22 bits per heavy atom. The van der Waals surface area contributed by atoms with Crippen LogP contribution in [0.4, 0.5) is 4.39 Å². The Bertz CT molecular complexity index is 607. The first kappa shape index (κ1) is 12.0. The van der Waals surface area contributed by atoms with Gasteiger partial charge in [0.25, 0.3) is 0 Å². The van der Waals surface area contributed by atoms with E-state index in [1.54, 1.807) is 24.4 Å². The molecule has 90 valence electrons. The van der Waals surface area contributed by atoms with Gasteiger partial charge in [0.05, 0.1) is 17.9 Å². The smallest absolute Gasteiger partial charge is 0.222 e. The Labute approximate surface area is 104 Å². The van der Waals surface area contributed by atoms with Gasteiger partial charge in [0.1, 0.15) is 6.07 Å². The number of pyridine rings is 2. The fourth-order valence-electron chi connectivity index (χ4n) is 1.51. The maximum absolute atomic E-state index is 13.2. The zero-order chi connectivity index (χ0) is 13.0. The van der Waals surface area contributed by atoms with Gasteiger partial charge in [-0.1, -0.05) is 0 Å². The molecule has 5 heteroatoms. The van der Waals surface area contributed by atoms with E-state index in [0.29, 0.717) is 23.7 Å². The van der Waals surface area contributed by atoms with Gasteiger partial charge < -0.3 is 4.74 Å². The average Bonchev–Trinajstić information content (AvgIpc) is 2.40. The van der Waals surface area contributed by atoms with Gasteiger partial charge in [-0.2, -0.15) is 5.26 Å². The van der Waals surface area contributed by atoms with Crippen LogP contribution in [0.15, 0.2) is 30.5 Å². The molecule has 0 aliphatic heterocycles. The molecule has 2 heterocycles. The molecular formula is C13H10FN3O. The number of halogens is 1. The second kappa shape index (κ2) is 5.23. The molecule has 2 rings (SSSR count). The van der Waals surface area contributed by atoms with Crippen molar-refractivity contribution in [2.24, 2.45) is 0 Å². The number of nitrogens with zero attached hydrogens (tertiary/aromatic N) is 3. The van der Waals surface area contributed by atoms with Crippen molar-refractivity contribution in [1.82, 2.24) is 9.97 Å². The summed E-state index contributed by atoms with van der Waals surface area (Å²) in [4.78, 5) is 8.03. The predicted molar refractivity (Wildman–Crippen MR) is 63.3 cm³/mol. The summed E-state index contributed by atoms with van der Waals surface area (Å²) in [6.45, 7) is 2.31. The van der Waals surface area contributed by atoms with Gasteiger partial charge in [-0.15, -0.1) is 0 Å². The summed E-state index contributed by atoms with van der Waals surface area (Å²) in [5.74, 6) is -0.217. The molecule has 0 aliphatic carbocycles. The number of hydrogen-bond donors (Lipinski definition) is 0. The molecule has 0 N–H and O–H groups in total. The molecule has 2 aromatic rings. The van der Waals surface area contributed by atoms with Gasteiger partial charge in [0, 0.05) is 6.20 Å². The third-order valence-electron chi connectivity index (χ3n) is 2.28. The topological polar surface area (TPSA) is 58.8 Å². The Balaban J connectivity index is 2.52. The summed E-state index contributed by atoms with van der Waals surface area (Å²) in [5, 5.41) is 8.76. The van der Waals surface area contributed by atoms with Crippen LogP contribution in [0.1, 0.15) is 12.6 Å². The van der Waals surface area contributed by atoms with Crippen LogP contribution in [0, 0.1) is 17.1 Å². The molecule has 2 aromatic heterocycles. The Kier molecular flexibility index (Phi) is 3.49. The standard InChI is InChI=1S/C13H10FN3O/c1-2-18-13-9(4-3-7-16-13)11-6-5-10(14)12(8-15)17-11/h3-7H,2H2,1H3. The van der Waals surface area contributed by atoms with Crippen LogP contribution in [-0.2, 0) is 0 Å². The maximum atomic E-state index is 13.2. The minimum Gasteiger partial charge on any atom is -0.477 e. The lowest BCUT2D eigenvalue weighted by molar-refractivity contribution is 0.328. The molecule has 18 heavy (non-hydrogen) atoms. The molecule has 0 saturated heterocycles. The average molecular weight is 243 g/mol. The van der Waals surface area contributed by atoms with E-state index in [-0.39, 0.29) is 5.69 Å². The lowest BCUT2D eigenvalue weighted by Gasteiger charge is -2.08. The highest BCUT2D eigenvalue weighted by Gasteiger charge is 2.11. The van der Waals surface area contributed by atoms with E-state index in [0.717, 1.165) is 0 Å². The molecule has 0 unspecified atom stereocenters. The summed E-state index contributed by atoms with van der Waals surface area (Å²) in [5.41, 5.74) is 0.860. The molecule has 0 saturated carbocycles. The molecule has 0 aliphatic rings. The molecular weight excluding hydrogens is 233 g/mol. The van der Waals surface area contributed by atoms with E-state index < -0.39 is 5.82 Å². The molecule has 0 atom stereocenters. The van der Waals surface area contributed by atoms with Crippen molar-refractivity contribution in [1.29, 1.82) is 5.26 Å². The highest BCUT2D eigenvalue weighted by Crippen LogP contribution is 2.26. The van der Waals surface area contributed by atoms with Crippen LogP contribution in [-0.4, -0.2) is 16.6 Å². The second-order valence-electron chi connectivity index (χ2n) is 3.43. The quantitative estimate of drug-likeness (QED) is 0.831. The summed E-state index contributed by atoms with van der Waals surface area (Å²) in [7, 11) is 0. The van der Waals surface area contributed by atoms with Gasteiger partial charge >= 0.3 is 0 Å². The van der Waals surface area contributed by atoms with E-state index in [2.05, 4.69) is 9.97 Å². The van der Waals surface area contributed by atoms with Gasteiger partial charge in [-0.25, -0.2) is 14.4 Å². The number of rotatable bonds is 3. The van der Waals surface area contributed by atoms with Crippen molar-refractivity contribution in [3.63, 3.8) is 0 Å². The summed E-state index contributed by atoms with van der Waals surface area (Å²) >= 11 is 0. The van der Waals surface area contributed by atoms with Crippen molar-refractivity contribution in [3.8, 4) is 23.2 Å².